The molecule has 5 heteroatoms. The molecule has 0 spiro atoms. The van der Waals surface area contributed by atoms with Crippen molar-refractivity contribution >= 4 is 49.6 Å². The molecule has 0 amide bonds. The summed E-state index contributed by atoms with van der Waals surface area (Å²) in [7, 11) is 0. The molecule has 0 rings (SSSR count). The van der Waals surface area contributed by atoms with E-state index in [1.807, 2.05) is 0 Å². The van der Waals surface area contributed by atoms with Gasteiger partial charge in [0.2, 0.25) is 0 Å². The third-order valence-electron chi connectivity index (χ3n) is 0. The molecule has 0 bridgehead atoms. The van der Waals surface area contributed by atoms with Crippen molar-refractivity contribution in [3.8, 4) is 0 Å². The Bertz CT molecular complexity index is 23.0. The van der Waals surface area contributed by atoms with Gasteiger partial charge in [-0.3, -0.25) is 0 Å². The molecule has 0 aliphatic rings. The average Bonchev–Trinajstić information content (AvgIpc) is 0.722. The summed E-state index contributed by atoms with van der Waals surface area (Å²) >= 11 is 19.9. The fourth-order valence-corrected chi connectivity index (χ4v) is 0. The minimum absolute atomic E-state index is 0. The normalized spacial score (nSPS) is 12.0. The van der Waals surface area contributed by atoms with E-state index in [-0.39, 0.29) is 1.43 Å². The number of halogens is 4. The van der Waals surface area contributed by atoms with Crippen LogP contribution in [0.1, 0.15) is 1.43 Å². The molecule has 0 aromatic rings. The summed E-state index contributed by atoms with van der Waals surface area (Å²) in [6, 6.07) is 0. The van der Waals surface area contributed by atoms with Gasteiger partial charge in [0.25, 0.3) is 0 Å². The van der Waals surface area contributed by atoms with E-state index in [2.05, 4.69) is 0 Å². The van der Waals surface area contributed by atoms with Crippen molar-refractivity contribution in [2.45, 2.75) is 0 Å². The zero-order chi connectivity index (χ0) is 4.50. The van der Waals surface area contributed by atoms with E-state index in [4.69, 9.17) is 44.3 Å². The lowest BCUT2D eigenvalue weighted by Gasteiger charge is -1.85. The second-order valence-corrected chi connectivity index (χ2v) is 11.6. The Kier molecular flexibility index (Phi) is 2.41. The molecule has 0 saturated carbocycles. The van der Waals surface area contributed by atoms with Gasteiger partial charge in [0.05, 0.1) is 0 Å². The van der Waals surface area contributed by atoms with Crippen molar-refractivity contribution in [2.24, 2.45) is 0 Å². The Balaban J connectivity index is 0. The summed E-state index contributed by atoms with van der Waals surface area (Å²) < 4.78 is 0. The first-order chi connectivity index (χ1) is 2.00. The molecular weight excluding hydrogens is 170 g/mol. The van der Waals surface area contributed by atoms with Gasteiger partial charge >= 0.3 is 6.74 Å². The average molecular weight is 171 g/mol. The molecule has 0 nitrogen and oxygen atoms in total. The lowest BCUT2D eigenvalue weighted by molar-refractivity contribution is 3.80. The van der Waals surface area contributed by atoms with E-state index in [0.29, 0.717) is 0 Å². The van der Waals surface area contributed by atoms with Gasteiger partial charge < -0.3 is 0 Å². The van der Waals surface area contributed by atoms with Gasteiger partial charge in [-0.25, -0.2) is 0 Å². The molecule has 32 valence electrons. The molecular formula is HCl4Si+. The molecule has 5 heavy (non-hydrogen) atoms. The quantitative estimate of drug-likeness (QED) is 0.387. The second kappa shape index (κ2) is 1.89. The Hall–Kier alpha value is 1.38. The fraction of sp³-hybridized carbons (Fsp3) is 0. The van der Waals surface area contributed by atoms with Gasteiger partial charge in [-0.1, -0.05) is 0 Å². The standard InChI is InChI=1S/Cl4Si/c1-5(2,3)4/p+1. The molecule has 0 radical (unpaired) electrons. The molecule has 0 aliphatic heterocycles. The first kappa shape index (κ1) is 6.38. The van der Waals surface area contributed by atoms with Gasteiger partial charge in [0, 0.05) is 0 Å². The smallest absolute Gasteiger partial charge is 0.110 e. The summed E-state index contributed by atoms with van der Waals surface area (Å²) in [5.41, 5.74) is 0. The Labute approximate surface area is 51.3 Å². The highest BCUT2D eigenvalue weighted by Gasteiger charge is 2.19. The molecule has 0 aliphatic carbocycles. The van der Waals surface area contributed by atoms with Crippen molar-refractivity contribution < 1.29 is 1.43 Å². The SMILES string of the molecule is Cl[Si](Cl)(Cl)Cl.[H+]. The van der Waals surface area contributed by atoms with Crippen LogP contribution in [0.4, 0.5) is 0 Å². The minimum Gasteiger partial charge on any atom is -0.110 e. The fourth-order valence-electron chi connectivity index (χ4n) is 0. The van der Waals surface area contributed by atoms with Gasteiger partial charge in [0.15, 0.2) is 0 Å². The van der Waals surface area contributed by atoms with Gasteiger partial charge in [-0.05, 0) is 0 Å². The third kappa shape index (κ3) is 32.3. The molecule has 0 atom stereocenters. The lowest BCUT2D eigenvalue weighted by atomic mass is 27.6. The molecule has 0 aromatic heterocycles. The highest BCUT2D eigenvalue weighted by atomic mass is 36.0. The van der Waals surface area contributed by atoms with E-state index in [9.17, 15) is 0 Å². The van der Waals surface area contributed by atoms with Crippen molar-refractivity contribution in [1.29, 1.82) is 0 Å². The first-order valence-electron chi connectivity index (χ1n) is 0.756. The molecule has 0 saturated heterocycles. The van der Waals surface area contributed by atoms with Crippen LogP contribution < -0.4 is 0 Å². The maximum absolute atomic E-state index is 4.97. The van der Waals surface area contributed by atoms with Crippen LogP contribution >= 0.6 is 44.3 Å². The lowest BCUT2D eigenvalue weighted by Crippen LogP contribution is -1.91. The summed E-state index contributed by atoms with van der Waals surface area (Å²) in [5.74, 6) is 0. The molecule has 0 unspecified atom stereocenters. The third-order valence-corrected chi connectivity index (χ3v) is 0. The zero-order valence-electron chi connectivity index (χ0n) is 3.01. The first-order valence-corrected chi connectivity index (χ1v) is 6.80. The Morgan fingerprint density at radius 1 is 1.00 bits per heavy atom. The number of hydrogen-bond donors (Lipinski definition) is 0. The van der Waals surface area contributed by atoms with Crippen LogP contribution in [0.5, 0.6) is 0 Å². The van der Waals surface area contributed by atoms with Crippen LogP contribution in [-0.4, -0.2) is 5.31 Å². The largest absolute Gasteiger partial charge is 1.00 e. The topological polar surface area (TPSA) is 0 Å². The summed E-state index contributed by atoms with van der Waals surface area (Å²) in [5, 5.41) is -2.72. The minimum atomic E-state index is -2.72. The molecule has 0 heterocycles. The monoisotopic (exact) mass is 169 g/mol. The second-order valence-electron chi connectivity index (χ2n) is 0.429. The molecule has 0 fully saturated rings. The van der Waals surface area contributed by atoms with E-state index in [1.54, 1.807) is 0 Å². The summed E-state index contributed by atoms with van der Waals surface area (Å²) in [6.45, 7) is 0. The highest BCUT2D eigenvalue weighted by molar-refractivity contribution is 7.81. The van der Waals surface area contributed by atoms with Crippen molar-refractivity contribution in [3.05, 3.63) is 0 Å². The van der Waals surface area contributed by atoms with Crippen LogP contribution in [0, 0.1) is 0 Å². The predicted octanol–water partition coefficient (Wildman–Crippen LogP) is 2.49. The van der Waals surface area contributed by atoms with Crippen molar-refractivity contribution in [1.82, 2.24) is 0 Å². The van der Waals surface area contributed by atoms with Gasteiger partial charge in [-0.15, -0.1) is 44.3 Å². The van der Waals surface area contributed by atoms with Crippen molar-refractivity contribution in [3.63, 3.8) is 0 Å². The highest BCUT2D eigenvalue weighted by Crippen LogP contribution is 2.23. The van der Waals surface area contributed by atoms with Crippen molar-refractivity contribution in [2.75, 3.05) is 0 Å². The zero-order valence-corrected chi connectivity index (χ0v) is 6.04. The van der Waals surface area contributed by atoms with Crippen LogP contribution in [0.25, 0.3) is 0 Å². The Morgan fingerprint density at radius 3 is 1.00 bits per heavy atom. The maximum atomic E-state index is 4.97. The van der Waals surface area contributed by atoms with Gasteiger partial charge in [0.1, 0.15) is 0 Å². The molecule has 0 N–H and O–H groups in total. The Morgan fingerprint density at radius 2 is 1.00 bits per heavy atom. The van der Waals surface area contributed by atoms with E-state index in [0.717, 1.165) is 0 Å². The van der Waals surface area contributed by atoms with Crippen LogP contribution in [-0.2, 0) is 0 Å². The van der Waals surface area contributed by atoms with Crippen LogP contribution in [0.2, 0.25) is 0 Å². The predicted molar refractivity (Wildman–Crippen MR) is 30.3 cm³/mol. The number of rotatable bonds is 0. The number of hydrogen-bond acceptors (Lipinski definition) is 0. The van der Waals surface area contributed by atoms with E-state index >= 15 is 0 Å². The van der Waals surface area contributed by atoms with E-state index in [1.165, 1.54) is 0 Å². The van der Waals surface area contributed by atoms with Gasteiger partial charge in [-0.2, -0.15) is 0 Å². The summed E-state index contributed by atoms with van der Waals surface area (Å²) in [6.07, 6.45) is 0. The molecule has 0 aromatic carbocycles. The van der Waals surface area contributed by atoms with Crippen LogP contribution in [0.3, 0.4) is 0 Å². The maximum Gasteiger partial charge on any atom is 1.00 e. The van der Waals surface area contributed by atoms with E-state index < -0.39 is 5.31 Å². The summed E-state index contributed by atoms with van der Waals surface area (Å²) in [4.78, 5) is 0. The van der Waals surface area contributed by atoms with Crippen LogP contribution in [0.15, 0.2) is 0 Å².